The van der Waals surface area contributed by atoms with Gasteiger partial charge in [-0.05, 0) is 44.0 Å². The van der Waals surface area contributed by atoms with E-state index in [9.17, 15) is 5.11 Å². The predicted octanol–water partition coefficient (Wildman–Crippen LogP) is 3.59. The number of rotatable bonds is 8. The van der Waals surface area contributed by atoms with Crippen LogP contribution in [0.2, 0.25) is 0 Å². The summed E-state index contributed by atoms with van der Waals surface area (Å²) < 4.78 is 5.91. The first-order valence-corrected chi connectivity index (χ1v) is 10.1. The maximum absolute atomic E-state index is 10.5. The van der Waals surface area contributed by atoms with Gasteiger partial charge in [-0.1, -0.05) is 41.5 Å². The molecule has 0 radical (unpaired) electrons. The summed E-state index contributed by atoms with van der Waals surface area (Å²) in [5, 5.41) is 10.5. The van der Waals surface area contributed by atoms with Crippen molar-refractivity contribution in [3.8, 4) is 5.75 Å². The average molecular weight is 381 g/mol. The third-order valence-corrected chi connectivity index (χ3v) is 5.25. The first-order chi connectivity index (χ1) is 13.5. The van der Waals surface area contributed by atoms with E-state index in [0.717, 1.165) is 43.9 Å². The lowest BCUT2D eigenvalue weighted by Crippen LogP contribution is -2.49. The van der Waals surface area contributed by atoms with Crippen LogP contribution >= 0.6 is 0 Å². The molecule has 2 aromatic rings. The molecule has 1 heterocycles. The van der Waals surface area contributed by atoms with Gasteiger partial charge in [0.15, 0.2) is 0 Å². The van der Waals surface area contributed by atoms with Crippen LogP contribution in [-0.2, 0) is 6.42 Å². The number of β-amino-alcohol motifs (C(OH)–C–C–N with tert-alkyl or cyclic N) is 1. The standard InChI is InChI=1S/C24H32N2O2/c1-4-5-21-16-20(3)8-11-24(21)28-18-23(27)17-25-12-14-26(15-13-25)22-9-6-19(2)7-10-22/h4,6-11,16,23,27H,1,5,12-15,17-18H2,2-3H3/t23-/m0/s1. The maximum atomic E-state index is 10.5. The van der Waals surface area contributed by atoms with E-state index in [-0.39, 0.29) is 0 Å². The second kappa shape index (κ2) is 9.76. The molecule has 3 rings (SSSR count). The smallest absolute Gasteiger partial charge is 0.122 e. The van der Waals surface area contributed by atoms with Gasteiger partial charge < -0.3 is 14.7 Å². The van der Waals surface area contributed by atoms with Gasteiger partial charge in [0.25, 0.3) is 0 Å². The molecule has 1 atom stereocenters. The Kier molecular flexibility index (Phi) is 7.12. The summed E-state index contributed by atoms with van der Waals surface area (Å²) in [6, 6.07) is 14.8. The summed E-state index contributed by atoms with van der Waals surface area (Å²) in [5.41, 5.74) is 4.89. The highest BCUT2D eigenvalue weighted by Crippen LogP contribution is 2.21. The normalized spacial score (nSPS) is 16.0. The number of ether oxygens (including phenoxy) is 1. The van der Waals surface area contributed by atoms with E-state index in [1.54, 1.807) is 0 Å². The number of piperazine rings is 1. The summed E-state index contributed by atoms with van der Waals surface area (Å²) in [6.45, 7) is 12.8. The number of nitrogens with zero attached hydrogens (tertiary/aromatic N) is 2. The molecule has 0 saturated carbocycles. The predicted molar refractivity (Wildman–Crippen MR) is 116 cm³/mol. The molecule has 0 bridgehead atoms. The summed E-state index contributed by atoms with van der Waals surface area (Å²) in [6.07, 6.45) is 2.16. The van der Waals surface area contributed by atoms with Crippen molar-refractivity contribution in [2.45, 2.75) is 26.4 Å². The third-order valence-electron chi connectivity index (χ3n) is 5.25. The van der Waals surface area contributed by atoms with E-state index in [2.05, 4.69) is 60.6 Å². The Morgan fingerprint density at radius 1 is 1.04 bits per heavy atom. The topological polar surface area (TPSA) is 35.9 Å². The molecule has 1 saturated heterocycles. The van der Waals surface area contributed by atoms with E-state index in [1.807, 2.05) is 18.2 Å². The van der Waals surface area contributed by atoms with E-state index in [4.69, 9.17) is 4.74 Å². The molecule has 0 aliphatic carbocycles. The van der Waals surface area contributed by atoms with Gasteiger partial charge in [0.1, 0.15) is 18.5 Å². The first kappa shape index (κ1) is 20.4. The Hall–Kier alpha value is -2.30. The molecule has 0 aromatic heterocycles. The molecule has 2 aromatic carbocycles. The van der Waals surface area contributed by atoms with Crippen molar-refractivity contribution in [2.24, 2.45) is 0 Å². The molecule has 1 fully saturated rings. The number of anilines is 1. The largest absolute Gasteiger partial charge is 0.491 e. The highest BCUT2D eigenvalue weighted by molar-refractivity contribution is 5.47. The second-order valence-corrected chi connectivity index (χ2v) is 7.69. The third kappa shape index (κ3) is 5.60. The van der Waals surface area contributed by atoms with Crippen molar-refractivity contribution in [1.82, 2.24) is 4.90 Å². The number of benzene rings is 2. The van der Waals surface area contributed by atoms with Crippen LogP contribution in [0.15, 0.2) is 55.1 Å². The Morgan fingerprint density at radius 2 is 1.71 bits per heavy atom. The Morgan fingerprint density at radius 3 is 2.39 bits per heavy atom. The zero-order chi connectivity index (χ0) is 19.9. The summed E-state index contributed by atoms with van der Waals surface area (Å²) >= 11 is 0. The van der Waals surface area contributed by atoms with Crippen LogP contribution in [0.5, 0.6) is 5.75 Å². The summed E-state index contributed by atoms with van der Waals surface area (Å²) in [7, 11) is 0. The summed E-state index contributed by atoms with van der Waals surface area (Å²) in [4.78, 5) is 4.73. The van der Waals surface area contributed by atoms with E-state index in [1.165, 1.54) is 16.8 Å². The Balaban J connectivity index is 1.45. The molecule has 0 amide bonds. The van der Waals surface area contributed by atoms with Crippen LogP contribution in [0.4, 0.5) is 5.69 Å². The van der Waals surface area contributed by atoms with Crippen molar-refractivity contribution >= 4 is 5.69 Å². The molecule has 1 N–H and O–H groups in total. The minimum atomic E-state index is -0.496. The van der Waals surface area contributed by atoms with Gasteiger partial charge in [0, 0.05) is 38.4 Å². The quantitative estimate of drug-likeness (QED) is 0.710. The van der Waals surface area contributed by atoms with Gasteiger partial charge in [-0.3, -0.25) is 4.90 Å². The van der Waals surface area contributed by atoms with Crippen molar-refractivity contribution in [1.29, 1.82) is 0 Å². The first-order valence-electron chi connectivity index (χ1n) is 10.1. The molecule has 1 aliphatic rings. The lowest BCUT2D eigenvalue weighted by Gasteiger charge is -2.37. The molecule has 0 unspecified atom stereocenters. The van der Waals surface area contributed by atoms with Crippen LogP contribution in [0.3, 0.4) is 0 Å². The van der Waals surface area contributed by atoms with Crippen molar-refractivity contribution in [3.05, 3.63) is 71.8 Å². The van der Waals surface area contributed by atoms with Gasteiger partial charge in [-0.25, -0.2) is 0 Å². The fourth-order valence-corrected chi connectivity index (χ4v) is 3.65. The lowest BCUT2D eigenvalue weighted by molar-refractivity contribution is 0.0660. The van der Waals surface area contributed by atoms with Gasteiger partial charge in [0.05, 0.1) is 0 Å². The fraction of sp³-hybridized carbons (Fsp3) is 0.417. The molecule has 150 valence electrons. The SMILES string of the molecule is C=CCc1cc(C)ccc1OC[C@@H](O)CN1CCN(c2ccc(C)cc2)CC1. The minimum absolute atomic E-state index is 0.311. The van der Waals surface area contributed by atoms with Crippen molar-refractivity contribution < 1.29 is 9.84 Å². The number of hydrogen-bond acceptors (Lipinski definition) is 4. The number of aliphatic hydroxyl groups is 1. The van der Waals surface area contributed by atoms with Crippen LogP contribution in [0, 0.1) is 13.8 Å². The van der Waals surface area contributed by atoms with Crippen molar-refractivity contribution in [2.75, 3.05) is 44.2 Å². The molecular weight excluding hydrogens is 348 g/mol. The minimum Gasteiger partial charge on any atom is -0.491 e. The highest BCUT2D eigenvalue weighted by atomic mass is 16.5. The van der Waals surface area contributed by atoms with Crippen LogP contribution in [0.25, 0.3) is 0 Å². The summed E-state index contributed by atoms with van der Waals surface area (Å²) in [5.74, 6) is 0.841. The molecular formula is C24H32N2O2. The van der Waals surface area contributed by atoms with Gasteiger partial charge in [0.2, 0.25) is 0 Å². The molecule has 4 heteroatoms. The molecule has 1 aliphatic heterocycles. The zero-order valence-electron chi connectivity index (χ0n) is 17.1. The lowest BCUT2D eigenvalue weighted by atomic mass is 10.1. The van der Waals surface area contributed by atoms with Crippen molar-refractivity contribution in [3.63, 3.8) is 0 Å². The number of hydrogen-bond donors (Lipinski definition) is 1. The monoisotopic (exact) mass is 380 g/mol. The van der Waals surface area contributed by atoms with Crippen LogP contribution < -0.4 is 9.64 Å². The van der Waals surface area contributed by atoms with E-state index < -0.39 is 6.10 Å². The fourth-order valence-electron chi connectivity index (χ4n) is 3.65. The molecule has 28 heavy (non-hydrogen) atoms. The molecule has 4 nitrogen and oxygen atoms in total. The maximum Gasteiger partial charge on any atom is 0.122 e. The van der Waals surface area contributed by atoms with Crippen LogP contribution in [-0.4, -0.2) is 55.4 Å². The number of aryl methyl sites for hydroxylation is 2. The van der Waals surface area contributed by atoms with Crippen LogP contribution in [0.1, 0.15) is 16.7 Å². The number of allylic oxidation sites excluding steroid dienone is 1. The van der Waals surface area contributed by atoms with Gasteiger partial charge >= 0.3 is 0 Å². The average Bonchev–Trinajstić information content (AvgIpc) is 2.69. The highest BCUT2D eigenvalue weighted by Gasteiger charge is 2.20. The Bertz CT molecular complexity index is 765. The van der Waals surface area contributed by atoms with Gasteiger partial charge in [-0.2, -0.15) is 0 Å². The Labute approximate surface area is 169 Å². The number of aliphatic hydroxyl groups excluding tert-OH is 1. The van der Waals surface area contributed by atoms with Gasteiger partial charge in [-0.15, -0.1) is 6.58 Å². The van der Waals surface area contributed by atoms with E-state index >= 15 is 0 Å². The zero-order valence-corrected chi connectivity index (χ0v) is 17.1. The van der Waals surface area contributed by atoms with E-state index in [0.29, 0.717) is 13.2 Å². The second-order valence-electron chi connectivity index (χ2n) is 7.69. The molecule has 0 spiro atoms.